The van der Waals surface area contributed by atoms with Crippen LogP contribution in [0, 0.1) is 0 Å². The summed E-state index contributed by atoms with van der Waals surface area (Å²) in [6.45, 7) is 7.18. The zero-order chi connectivity index (χ0) is 29.8. The molecule has 0 N–H and O–H groups in total. The predicted octanol–water partition coefficient (Wildman–Crippen LogP) is 11.9. The summed E-state index contributed by atoms with van der Waals surface area (Å²) < 4.78 is 11.7. The monoisotopic (exact) mass is 570 g/mol. The van der Waals surface area contributed by atoms with Crippen LogP contribution in [0.25, 0.3) is 22.3 Å². The number of benzene rings is 3. The molecule has 0 spiro atoms. The molecule has 3 rings (SSSR count). The van der Waals surface area contributed by atoms with Crippen molar-refractivity contribution in [2.45, 2.75) is 123 Å². The van der Waals surface area contributed by atoms with Crippen LogP contribution in [-0.2, 0) is 9.53 Å². The van der Waals surface area contributed by atoms with E-state index in [4.69, 9.17) is 9.47 Å². The van der Waals surface area contributed by atoms with Crippen molar-refractivity contribution in [1.82, 2.24) is 0 Å². The topological polar surface area (TPSA) is 35.5 Å². The zero-order valence-corrected chi connectivity index (χ0v) is 26.5. The summed E-state index contributed by atoms with van der Waals surface area (Å²) in [5, 5.41) is 0. The zero-order valence-electron chi connectivity index (χ0n) is 26.5. The Hall–Kier alpha value is -3.07. The summed E-state index contributed by atoms with van der Waals surface area (Å²) in [6.07, 6.45) is 17.9. The quantitative estimate of drug-likeness (QED) is 0.0943. The molecule has 0 aliphatic heterocycles. The highest BCUT2D eigenvalue weighted by Crippen LogP contribution is 2.34. The largest absolute Gasteiger partial charge is 0.494 e. The van der Waals surface area contributed by atoms with Gasteiger partial charge in [-0.15, -0.1) is 0 Å². The average Bonchev–Trinajstić information content (AvgIpc) is 3.02. The second-order valence-electron chi connectivity index (χ2n) is 11.7. The molecule has 3 heteroatoms. The molecule has 0 saturated heterocycles. The van der Waals surface area contributed by atoms with Crippen molar-refractivity contribution in [3.63, 3.8) is 0 Å². The normalized spacial score (nSPS) is 11.8. The maximum atomic E-state index is 12.2. The van der Waals surface area contributed by atoms with E-state index in [0.29, 0.717) is 6.42 Å². The van der Waals surface area contributed by atoms with E-state index in [0.717, 1.165) is 42.7 Å². The van der Waals surface area contributed by atoms with Crippen molar-refractivity contribution in [1.29, 1.82) is 0 Å². The molecule has 0 heterocycles. The first-order valence-electron chi connectivity index (χ1n) is 16.7. The summed E-state index contributed by atoms with van der Waals surface area (Å²) in [5.74, 6) is 0.828. The number of unbranched alkanes of at least 4 members (excludes halogenated alkanes) is 12. The van der Waals surface area contributed by atoms with E-state index in [9.17, 15) is 4.79 Å². The van der Waals surface area contributed by atoms with Crippen LogP contribution in [0.1, 0.15) is 129 Å². The number of hydrogen-bond donors (Lipinski definition) is 0. The molecule has 0 amide bonds. The van der Waals surface area contributed by atoms with Gasteiger partial charge in [0.05, 0.1) is 6.61 Å². The lowest BCUT2D eigenvalue weighted by Crippen LogP contribution is -2.08. The molecule has 0 aliphatic carbocycles. The molecule has 0 bridgehead atoms. The van der Waals surface area contributed by atoms with Gasteiger partial charge < -0.3 is 9.47 Å². The Kier molecular flexibility index (Phi) is 15.9. The number of carbonyl (C=O) groups is 1. The third-order valence-electron chi connectivity index (χ3n) is 8.09. The highest BCUT2D eigenvalue weighted by Gasteiger charge is 2.13. The Morgan fingerprint density at radius 1 is 0.595 bits per heavy atom. The van der Waals surface area contributed by atoms with E-state index < -0.39 is 0 Å². The minimum absolute atomic E-state index is 0.107. The SMILES string of the molecule is CCCCCCCCCCCCOc1ccc(-c2ccccc2-c2ccc(C(C)OC(=O)CCCCCC)cc2)cc1. The smallest absolute Gasteiger partial charge is 0.306 e. The van der Waals surface area contributed by atoms with Crippen molar-refractivity contribution in [3.05, 3.63) is 78.4 Å². The van der Waals surface area contributed by atoms with Crippen LogP contribution in [0.5, 0.6) is 5.75 Å². The molecular formula is C39H54O3. The molecule has 0 fully saturated rings. The molecule has 3 aromatic carbocycles. The van der Waals surface area contributed by atoms with E-state index in [1.54, 1.807) is 0 Å². The Labute approximate surface area is 256 Å². The fourth-order valence-electron chi connectivity index (χ4n) is 5.45. The molecule has 1 unspecified atom stereocenters. The van der Waals surface area contributed by atoms with Crippen LogP contribution in [0.3, 0.4) is 0 Å². The summed E-state index contributed by atoms with van der Waals surface area (Å²) in [7, 11) is 0. The second-order valence-corrected chi connectivity index (χ2v) is 11.7. The maximum Gasteiger partial charge on any atom is 0.306 e. The fourth-order valence-corrected chi connectivity index (χ4v) is 5.45. The number of carbonyl (C=O) groups excluding carboxylic acids is 1. The molecule has 3 aromatic rings. The maximum absolute atomic E-state index is 12.2. The first kappa shape index (κ1) is 33.4. The van der Waals surface area contributed by atoms with Crippen LogP contribution >= 0.6 is 0 Å². The molecule has 228 valence electrons. The number of rotatable bonds is 21. The van der Waals surface area contributed by atoms with Gasteiger partial charge in [-0.2, -0.15) is 0 Å². The minimum Gasteiger partial charge on any atom is -0.494 e. The van der Waals surface area contributed by atoms with Crippen molar-refractivity contribution in [2.24, 2.45) is 0 Å². The third-order valence-corrected chi connectivity index (χ3v) is 8.09. The summed E-state index contributed by atoms with van der Waals surface area (Å²) >= 11 is 0. The van der Waals surface area contributed by atoms with Gasteiger partial charge in [-0.25, -0.2) is 0 Å². The Balaban J connectivity index is 1.47. The van der Waals surface area contributed by atoms with Crippen LogP contribution in [0.4, 0.5) is 0 Å². The van der Waals surface area contributed by atoms with E-state index in [2.05, 4.69) is 86.6 Å². The third kappa shape index (κ3) is 12.0. The minimum atomic E-state index is -0.249. The predicted molar refractivity (Wildman–Crippen MR) is 178 cm³/mol. The highest BCUT2D eigenvalue weighted by molar-refractivity contribution is 5.83. The first-order valence-corrected chi connectivity index (χ1v) is 16.7. The van der Waals surface area contributed by atoms with Crippen LogP contribution in [0.15, 0.2) is 72.8 Å². The van der Waals surface area contributed by atoms with Gasteiger partial charge in [-0.3, -0.25) is 4.79 Å². The van der Waals surface area contributed by atoms with Gasteiger partial charge in [0.15, 0.2) is 0 Å². The van der Waals surface area contributed by atoms with E-state index in [1.807, 2.05) is 6.92 Å². The van der Waals surface area contributed by atoms with Crippen LogP contribution in [-0.4, -0.2) is 12.6 Å². The van der Waals surface area contributed by atoms with Gasteiger partial charge >= 0.3 is 5.97 Å². The molecular weight excluding hydrogens is 516 g/mol. The van der Waals surface area contributed by atoms with Gasteiger partial charge in [0.2, 0.25) is 0 Å². The van der Waals surface area contributed by atoms with Gasteiger partial charge in [0.25, 0.3) is 0 Å². The fraction of sp³-hybridized carbons (Fsp3) is 0.513. The summed E-state index contributed by atoms with van der Waals surface area (Å²) in [5.41, 5.74) is 5.71. The summed E-state index contributed by atoms with van der Waals surface area (Å²) in [6, 6.07) is 25.4. The molecule has 0 aromatic heterocycles. The summed E-state index contributed by atoms with van der Waals surface area (Å²) in [4.78, 5) is 12.2. The molecule has 0 saturated carbocycles. The van der Waals surface area contributed by atoms with E-state index in [1.165, 1.54) is 87.3 Å². The molecule has 3 nitrogen and oxygen atoms in total. The number of hydrogen-bond acceptors (Lipinski definition) is 3. The molecule has 0 radical (unpaired) electrons. The van der Waals surface area contributed by atoms with Gasteiger partial charge in [-0.1, -0.05) is 152 Å². The lowest BCUT2D eigenvalue weighted by Gasteiger charge is -2.15. The first-order chi connectivity index (χ1) is 20.6. The van der Waals surface area contributed by atoms with Crippen molar-refractivity contribution in [3.8, 4) is 28.0 Å². The average molecular weight is 571 g/mol. The van der Waals surface area contributed by atoms with E-state index >= 15 is 0 Å². The Morgan fingerprint density at radius 2 is 1.07 bits per heavy atom. The van der Waals surface area contributed by atoms with Crippen LogP contribution in [0.2, 0.25) is 0 Å². The number of esters is 1. The number of ether oxygens (including phenoxy) is 2. The molecule has 0 aliphatic rings. The second kappa shape index (κ2) is 19.9. The lowest BCUT2D eigenvalue weighted by atomic mass is 9.93. The van der Waals surface area contributed by atoms with Gasteiger partial charge in [-0.05, 0) is 59.7 Å². The van der Waals surface area contributed by atoms with Crippen LogP contribution < -0.4 is 4.74 Å². The Bertz CT molecular complexity index is 1130. The standard InChI is InChI=1S/C39H54O3/c1-4-6-8-10-11-12-13-14-15-19-31-41-36-29-27-35(28-30-36)38-21-18-17-20-37(38)34-25-23-33(24-26-34)32(3)42-39(40)22-16-9-7-5-2/h17-18,20-21,23-30,32H,4-16,19,22,31H2,1-3H3. The van der Waals surface area contributed by atoms with E-state index in [-0.39, 0.29) is 12.1 Å². The molecule has 42 heavy (non-hydrogen) atoms. The lowest BCUT2D eigenvalue weighted by molar-refractivity contribution is -0.148. The highest BCUT2D eigenvalue weighted by atomic mass is 16.5. The van der Waals surface area contributed by atoms with Gasteiger partial charge in [0.1, 0.15) is 11.9 Å². The van der Waals surface area contributed by atoms with Crippen molar-refractivity contribution >= 4 is 5.97 Å². The van der Waals surface area contributed by atoms with Crippen molar-refractivity contribution < 1.29 is 14.3 Å². The van der Waals surface area contributed by atoms with Gasteiger partial charge in [0, 0.05) is 6.42 Å². The van der Waals surface area contributed by atoms with Crippen molar-refractivity contribution in [2.75, 3.05) is 6.61 Å². The molecule has 1 atom stereocenters. The Morgan fingerprint density at radius 3 is 1.62 bits per heavy atom.